The van der Waals surface area contributed by atoms with Crippen LogP contribution in [0.5, 0.6) is 0 Å². The third kappa shape index (κ3) is 2.96. The first-order valence-corrected chi connectivity index (χ1v) is 5.31. The lowest BCUT2D eigenvalue weighted by molar-refractivity contribution is -0.133. The van der Waals surface area contributed by atoms with Gasteiger partial charge >= 0.3 is 0 Å². The minimum Gasteiger partial charge on any atom is -0.376 e. The van der Waals surface area contributed by atoms with Gasteiger partial charge in [-0.15, -0.1) is 0 Å². The zero-order valence-electron chi connectivity index (χ0n) is 9.03. The smallest absolute Gasteiger partial charge is 0.239 e. The van der Waals surface area contributed by atoms with E-state index in [1.165, 1.54) is 0 Å². The van der Waals surface area contributed by atoms with Gasteiger partial charge in [0.15, 0.2) is 0 Å². The second kappa shape index (κ2) is 5.32. The van der Waals surface area contributed by atoms with E-state index in [9.17, 15) is 4.79 Å². The minimum absolute atomic E-state index is 0.0361. The molecule has 1 aliphatic heterocycles. The van der Waals surface area contributed by atoms with Crippen LogP contribution in [0.15, 0.2) is 0 Å². The molecule has 0 aromatic heterocycles. The highest BCUT2D eigenvalue weighted by atomic mass is 16.5. The van der Waals surface area contributed by atoms with Gasteiger partial charge < -0.3 is 15.4 Å². The van der Waals surface area contributed by atoms with Crippen LogP contribution in [0.3, 0.4) is 0 Å². The molecule has 1 fully saturated rings. The van der Waals surface area contributed by atoms with Crippen molar-refractivity contribution in [2.45, 2.75) is 38.8 Å². The Morgan fingerprint density at radius 2 is 2.43 bits per heavy atom. The molecule has 1 rings (SSSR count). The first-order chi connectivity index (χ1) is 6.65. The number of nitrogens with two attached hydrogens (primary N) is 1. The molecule has 0 aliphatic carbocycles. The van der Waals surface area contributed by atoms with Crippen LogP contribution in [0, 0.1) is 0 Å². The molecule has 0 spiro atoms. The van der Waals surface area contributed by atoms with Gasteiger partial charge in [-0.2, -0.15) is 0 Å². The van der Waals surface area contributed by atoms with E-state index in [1.807, 2.05) is 4.90 Å². The molecule has 0 aromatic rings. The van der Waals surface area contributed by atoms with Crippen molar-refractivity contribution in [3.8, 4) is 0 Å². The summed E-state index contributed by atoms with van der Waals surface area (Å²) >= 11 is 0. The zero-order chi connectivity index (χ0) is 10.6. The normalized spacial score (nSPS) is 25.6. The maximum atomic E-state index is 11.7. The number of amides is 1. The van der Waals surface area contributed by atoms with Crippen LogP contribution in [0.4, 0.5) is 0 Å². The van der Waals surface area contributed by atoms with Gasteiger partial charge in [0.2, 0.25) is 5.91 Å². The molecule has 2 N–H and O–H groups in total. The fourth-order valence-corrected chi connectivity index (χ4v) is 1.63. The van der Waals surface area contributed by atoms with E-state index in [2.05, 4.69) is 6.92 Å². The van der Waals surface area contributed by atoms with E-state index in [1.54, 1.807) is 6.92 Å². The van der Waals surface area contributed by atoms with E-state index in [4.69, 9.17) is 10.5 Å². The molecular weight excluding hydrogens is 180 g/mol. The SMILES string of the molecule is CCC1CN(C(=O)[C@@H](C)N)CCCO1. The second-order valence-electron chi connectivity index (χ2n) is 3.83. The number of carbonyl (C=O) groups excluding carboxylic acids is 1. The molecule has 0 saturated carbocycles. The fourth-order valence-electron chi connectivity index (χ4n) is 1.63. The van der Waals surface area contributed by atoms with Gasteiger partial charge in [0.25, 0.3) is 0 Å². The van der Waals surface area contributed by atoms with Gasteiger partial charge in [-0.3, -0.25) is 4.79 Å². The zero-order valence-corrected chi connectivity index (χ0v) is 9.03. The van der Waals surface area contributed by atoms with Crippen molar-refractivity contribution < 1.29 is 9.53 Å². The van der Waals surface area contributed by atoms with Crippen LogP contribution in [0.25, 0.3) is 0 Å². The minimum atomic E-state index is -0.398. The number of carbonyl (C=O) groups is 1. The van der Waals surface area contributed by atoms with Crippen LogP contribution in [-0.4, -0.2) is 42.6 Å². The third-order valence-electron chi connectivity index (χ3n) is 2.51. The van der Waals surface area contributed by atoms with Crippen LogP contribution < -0.4 is 5.73 Å². The van der Waals surface area contributed by atoms with Crippen LogP contribution >= 0.6 is 0 Å². The van der Waals surface area contributed by atoms with Crippen molar-refractivity contribution in [3.05, 3.63) is 0 Å². The van der Waals surface area contributed by atoms with Gasteiger partial charge in [0.05, 0.1) is 12.1 Å². The summed E-state index contributed by atoms with van der Waals surface area (Å²) in [5, 5.41) is 0. The summed E-state index contributed by atoms with van der Waals surface area (Å²) in [6.45, 7) is 6.02. The van der Waals surface area contributed by atoms with Gasteiger partial charge in [-0.1, -0.05) is 6.92 Å². The average molecular weight is 200 g/mol. The quantitative estimate of drug-likeness (QED) is 0.700. The Morgan fingerprint density at radius 3 is 3.00 bits per heavy atom. The molecule has 1 heterocycles. The maximum Gasteiger partial charge on any atom is 0.239 e. The monoisotopic (exact) mass is 200 g/mol. The van der Waals surface area contributed by atoms with Gasteiger partial charge in [0.1, 0.15) is 0 Å². The summed E-state index contributed by atoms with van der Waals surface area (Å²) in [6, 6.07) is -0.398. The molecule has 4 heteroatoms. The molecule has 0 aromatic carbocycles. The first-order valence-electron chi connectivity index (χ1n) is 5.31. The van der Waals surface area contributed by atoms with E-state index in [0.717, 1.165) is 26.0 Å². The summed E-state index contributed by atoms with van der Waals surface area (Å²) in [4.78, 5) is 13.5. The van der Waals surface area contributed by atoms with Crippen molar-refractivity contribution in [3.63, 3.8) is 0 Å². The third-order valence-corrected chi connectivity index (χ3v) is 2.51. The molecule has 2 atom stereocenters. The predicted octanol–water partition coefficient (Wildman–Crippen LogP) is 0.361. The maximum absolute atomic E-state index is 11.7. The topological polar surface area (TPSA) is 55.6 Å². The molecule has 0 bridgehead atoms. The van der Waals surface area contributed by atoms with E-state index < -0.39 is 6.04 Å². The summed E-state index contributed by atoms with van der Waals surface area (Å²) in [6.07, 6.45) is 2.04. The van der Waals surface area contributed by atoms with Gasteiger partial charge in [-0.05, 0) is 19.8 Å². The average Bonchev–Trinajstić information content (AvgIpc) is 2.41. The molecule has 82 valence electrons. The Bertz CT molecular complexity index is 195. The van der Waals surface area contributed by atoms with Crippen LogP contribution in [0.2, 0.25) is 0 Å². The Balaban J connectivity index is 2.54. The summed E-state index contributed by atoms with van der Waals surface area (Å²) in [5.74, 6) is 0.0361. The predicted molar refractivity (Wildman–Crippen MR) is 54.9 cm³/mol. The van der Waals surface area contributed by atoms with Gasteiger partial charge in [0, 0.05) is 19.7 Å². The van der Waals surface area contributed by atoms with Crippen LogP contribution in [0.1, 0.15) is 26.7 Å². The lowest BCUT2D eigenvalue weighted by Crippen LogP contribution is -2.44. The lowest BCUT2D eigenvalue weighted by atomic mass is 10.2. The highest BCUT2D eigenvalue weighted by Crippen LogP contribution is 2.09. The van der Waals surface area contributed by atoms with E-state index >= 15 is 0 Å². The van der Waals surface area contributed by atoms with Gasteiger partial charge in [-0.25, -0.2) is 0 Å². The molecule has 1 aliphatic rings. The highest BCUT2D eigenvalue weighted by molar-refractivity contribution is 5.81. The number of hydrogen-bond acceptors (Lipinski definition) is 3. The van der Waals surface area contributed by atoms with Crippen molar-refractivity contribution in [2.24, 2.45) is 5.73 Å². The summed E-state index contributed by atoms with van der Waals surface area (Å²) in [7, 11) is 0. The lowest BCUT2D eigenvalue weighted by Gasteiger charge is -2.24. The summed E-state index contributed by atoms with van der Waals surface area (Å²) in [5.41, 5.74) is 5.57. The number of rotatable bonds is 2. The molecular formula is C10H20N2O2. The first kappa shape index (κ1) is 11.5. The second-order valence-corrected chi connectivity index (χ2v) is 3.83. The van der Waals surface area contributed by atoms with Crippen molar-refractivity contribution in [2.75, 3.05) is 19.7 Å². The van der Waals surface area contributed by atoms with E-state index in [0.29, 0.717) is 6.54 Å². The van der Waals surface area contributed by atoms with Crippen molar-refractivity contribution in [1.29, 1.82) is 0 Å². The molecule has 1 saturated heterocycles. The highest BCUT2D eigenvalue weighted by Gasteiger charge is 2.23. The van der Waals surface area contributed by atoms with E-state index in [-0.39, 0.29) is 12.0 Å². The standard InChI is InChI=1S/C10H20N2O2/c1-3-9-7-12(5-4-6-14-9)10(13)8(2)11/h8-9H,3-7,11H2,1-2H3/t8-,9?/m1/s1. The Kier molecular flexibility index (Phi) is 4.35. The Morgan fingerprint density at radius 1 is 1.71 bits per heavy atom. The molecule has 14 heavy (non-hydrogen) atoms. The number of ether oxygens (including phenoxy) is 1. The number of hydrogen-bond donors (Lipinski definition) is 1. The van der Waals surface area contributed by atoms with Crippen molar-refractivity contribution >= 4 is 5.91 Å². The summed E-state index contributed by atoms with van der Waals surface area (Å²) < 4.78 is 5.58. The molecule has 0 radical (unpaired) electrons. The Labute approximate surface area is 85.4 Å². The molecule has 4 nitrogen and oxygen atoms in total. The molecule has 1 unspecified atom stereocenters. The van der Waals surface area contributed by atoms with Crippen LogP contribution in [-0.2, 0) is 9.53 Å². The van der Waals surface area contributed by atoms with Crippen molar-refractivity contribution in [1.82, 2.24) is 4.90 Å². The number of nitrogens with zero attached hydrogens (tertiary/aromatic N) is 1. The Hall–Kier alpha value is -0.610. The molecule has 1 amide bonds. The largest absolute Gasteiger partial charge is 0.376 e. The fraction of sp³-hybridized carbons (Fsp3) is 0.900.